The molecule has 0 spiro atoms. The summed E-state index contributed by atoms with van der Waals surface area (Å²) in [6, 6.07) is 0. The molecule has 2 fully saturated rings. The van der Waals surface area contributed by atoms with Crippen LogP contribution in [0.1, 0.15) is 40.0 Å². The first-order valence-electron chi connectivity index (χ1n) is 6.60. The van der Waals surface area contributed by atoms with E-state index in [2.05, 4.69) is 20.8 Å². The topological polar surface area (TPSA) is 29.5 Å². The van der Waals surface area contributed by atoms with E-state index in [9.17, 15) is 4.79 Å². The Morgan fingerprint density at radius 2 is 2.00 bits per heavy atom. The van der Waals surface area contributed by atoms with Gasteiger partial charge >= 0.3 is 5.97 Å². The Morgan fingerprint density at radius 3 is 2.47 bits per heavy atom. The largest absolute Gasteiger partial charge is 0.460 e. The molecule has 2 rings (SSSR count). The van der Waals surface area contributed by atoms with Crippen molar-refractivity contribution in [1.82, 2.24) is 4.90 Å². The van der Waals surface area contributed by atoms with Gasteiger partial charge in [0.05, 0.1) is 6.54 Å². The van der Waals surface area contributed by atoms with Crippen molar-refractivity contribution in [3.8, 4) is 0 Å². The second-order valence-corrected chi connectivity index (χ2v) is 7.02. The van der Waals surface area contributed by atoms with Crippen molar-refractivity contribution in [2.45, 2.75) is 46.1 Å². The van der Waals surface area contributed by atoms with Crippen molar-refractivity contribution < 1.29 is 9.53 Å². The molecule has 0 heterocycles. The standard InChI is InChI=1S/C14H25NO2/c1-13(2)10-6-7-14(3,8-10)12(13)17-11(16)9-15(4)5/h10,12H,6-9H2,1-5H3/t10-,12-,14+/m1/s1. The Balaban J connectivity index is 2.07. The Bertz CT molecular complexity index is 319. The minimum Gasteiger partial charge on any atom is -0.460 e. The van der Waals surface area contributed by atoms with Gasteiger partial charge in [0.15, 0.2) is 0 Å². The van der Waals surface area contributed by atoms with E-state index in [4.69, 9.17) is 4.74 Å². The molecule has 0 aromatic carbocycles. The van der Waals surface area contributed by atoms with Gasteiger partial charge in [-0.25, -0.2) is 0 Å². The molecule has 0 N–H and O–H groups in total. The number of carbonyl (C=O) groups excluding carboxylic acids is 1. The molecule has 3 atom stereocenters. The number of esters is 1. The van der Waals surface area contributed by atoms with Crippen LogP contribution in [0.2, 0.25) is 0 Å². The van der Waals surface area contributed by atoms with Crippen LogP contribution in [0.25, 0.3) is 0 Å². The summed E-state index contributed by atoms with van der Waals surface area (Å²) in [6.07, 6.45) is 3.83. The van der Waals surface area contributed by atoms with Crippen molar-refractivity contribution in [1.29, 1.82) is 0 Å². The van der Waals surface area contributed by atoms with Gasteiger partial charge in [0.25, 0.3) is 0 Å². The Hall–Kier alpha value is -0.570. The van der Waals surface area contributed by atoms with Crippen molar-refractivity contribution in [3.63, 3.8) is 0 Å². The van der Waals surface area contributed by atoms with E-state index in [-0.39, 0.29) is 22.9 Å². The molecule has 0 aromatic heterocycles. The van der Waals surface area contributed by atoms with Crippen LogP contribution in [0.4, 0.5) is 0 Å². The molecule has 2 saturated carbocycles. The zero-order chi connectivity index (χ0) is 12.8. The monoisotopic (exact) mass is 239 g/mol. The smallest absolute Gasteiger partial charge is 0.320 e. The average Bonchev–Trinajstić information content (AvgIpc) is 2.63. The van der Waals surface area contributed by atoms with E-state index in [1.54, 1.807) is 0 Å². The minimum atomic E-state index is -0.0816. The molecule has 2 aliphatic rings. The lowest BCUT2D eigenvalue weighted by molar-refractivity contribution is -0.165. The van der Waals surface area contributed by atoms with Gasteiger partial charge in [-0.3, -0.25) is 9.69 Å². The quantitative estimate of drug-likeness (QED) is 0.708. The predicted molar refractivity (Wildman–Crippen MR) is 67.7 cm³/mol. The van der Waals surface area contributed by atoms with Crippen molar-refractivity contribution in [3.05, 3.63) is 0 Å². The molecular weight excluding hydrogens is 214 g/mol. The minimum absolute atomic E-state index is 0.0816. The molecule has 2 aliphatic carbocycles. The van der Waals surface area contributed by atoms with E-state index in [1.807, 2.05) is 19.0 Å². The van der Waals surface area contributed by atoms with Gasteiger partial charge in [-0.15, -0.1) is 0 Å². The number of nitrogens with zero attached hydrogens (tertiary/aromatic N) is 1. The van der Waals surface area contributed by atoms with E-state index in [0.717, 1.165) is 5.92 Å². The summed E-state index contributed by atoms with van der Waals surface area (Å²) in [7, 11) is 3.80. The summed E-state index contributed by atoms with van der Waals surface area (Å²) in [6.45, 7) is 7.19. The van der Waals surface area contributed by atoms with Gasteiger partial charge in [-0.1, -0.05) is 20.8 Å². The Kier molecular flexibility index (Phi) is 3.01. The number of hydrogen-bond donors (Lipinski definition) is 0. The molecule has 0 radical (unpaired) electrons. The van der Waals surface area contributed by atoms with Crippen LogP contribution in [0.15, 0.2) is 0 Å². The third-order valence-corrected chi connectivity index (χ3v) is 4.83. The summed E-state index contributed by atoms with van der Waals surface area (Å²) in [5.41, 5.74) is 0.366. The van der Waals surface area contributed by atoms with Crippen LogP contribution in [0, 0.1) is 16.7 Å². The third-order valence-electron chi connectivity index (χ3n) is 4.83. The number of carbonyl (C=O) groups is 1. The van der Waals surface area contributed by atoms with E-state index < -0.39 is 0 Å². The Labute approximate surface area is 105 Å². The molecule has 2 bridgehead atoms. The number of hydrogen-bond acceptors (Lipinski definition) is 3. The lowest BCUT2D eigenvalue weighted by Crippen LogP contribution is -2.44. The fraction of sp³-hybridized carbons (Fsp3) is 0.929. The van der Waals surface area contributed by atoms with Crippen molar-refractivity contribution in [2.24, 2.45) is 16.7 Å². The lowest BCUT2D eigenvalue weighted by atomic mass is 9.70. The van der Waals surface area contributed by atoms with Crippen LogP contribution < -0.4 is 0 Å². The molecular formula is C14H25NO2. The first-order chi connectivity index (χ1) is 7.75. The highest BCUT2D eigenvalue weighted by atomic mass is 16.5. The summed E-state index contributed by atoms with van der Waals surface area (Å²) < 4.78 is 5.79. The number of ether oxygens (including phenoxy) is 1. The highest BCUT2D eigenvalue weighted by Crippen LogP contribution is 2.63. The fourth-order valence-electron chi connectivity index (χ4n) is 3.98. The normalized spacial score (nSPS) is 38.7. The van der Waals surface area contributed by atoms with Gasteiger partial charge < -0.3 is 4.74 Å². The number of likely N-dealkylation sites (N-methyl/N-ethyl adjacent to an activating group) is 1. The molecule has 0 unspecified atom stereocenters. The van der Waals surface area contributed by atoms with Crippen molar-refractivity contribution in [2.75, 3.05) is 20.6 Å². The van der Waals surface area contributed by atoms with Crippen molar-refractivity contribution >= 4 is 5.97 Å². The predicted octanol–water partition coefficient (Wildman–Crippen LogP) is 2.31. The maximum atomic E-state index is 11.9. The van der Waals surface area contributed by atoms with E-state index >= 15 is 0 Å². The average molecular weight is 239 g/mol. The Morgan fingerprint density at radius 1 is 1.35 bits per heavy atom. The molecule has 3 nitrogen and oxygen atoms in total. The van der Waals surface area contributed by atoms with Crippen LogP contribution >= 0.6 is 0 Å². The summed E-state index contributed by atoms with van der Waals surface area (Å²) >= 11 is 0. The van der Waals surface area contributed by atoms with Gasteiger partial charge in [-0.05, 0) is 39.3 Å². The number of fused-ring (bicyclic) bond motifs is 2. The third kappa shape index (κ3) is 2.10. The molecule has 0 saturated heterocycles. The zero-order valence-electron chi connectivity index (χ0n) is 11.7. The van der Waals surface area contributed by atoms with Crippen LogP contribution in [-0.4, -0.2) is 37.6 Å². The molecule has 3 heteroatoms. The maximum absolute atomic E-state index is 11.9. The highest BCUT2D eigenvalue weighted by Gasteiger charge is 2.61. The molecule has 17 heavy (non-hydrogen) atoms. The van der Waals surface area contributed by atoms with E-state index in [1.165, 1.54) is 19.3 Å². The summed E-state index contributed by atoms with van der Waals surface area (Å²) in [5.74, 6) is 0.645. The highest BCUT2D eigenvalue weighted by molar-refractivity contribution is 5.72. The lowest BCUT2D eigenvalue weighted by Gasteiger charge is -2.41. The van der Waals surface area contributed by atoms with Gasteiger partial charge in [-0.2, -0.15) is 0 Å². The first kappa shape index (κ1) is 12.9. The second-order valence-electron chi connectivity index (χ2n) is 7.02. The molecule has 0 aliphatic heterocycles. The summed E-state index contributed by atoms with van der Waals surface area (Å²) in [5, 5.41) is 0. The second kappa shape index (κ2) is 3.98. The maximum Gasteiger partial charge on any atom is 0.320 e. The van der Waals surface area contributed by atoms with Crippen LogP contribution in [0.5, 0.6) is 0 Å². The molecule has 98 valence electrons. The van der Waals surface area contributed by atoms with Crippen LogP contribution in [0.3, 0.4) is 0 Å². The molecule has 0 aromatic rings. The van der Waals surface area contributed by atoms with E-state index in [0.29, 0.717) is 6.54 Å². The van der Waals surface area contributed by atoms with Gasteiger partial charge in [0.1, 0.15) is 6.10 Å². The van der Waals surface area contributed by atoms with Crippen LogP contribution in [-0.2, 0) is 9.53 Å². The fourth-order valence-corrected chi connectivity index (χ4v) is 3.98. The number of rotatable bonds is 3. The first-order valence-corrected chi connectivity index (χ1v) is 6.60. The molecule has 0 amide bonds. The van der Waals surface area contributed by atoms with Gasteiger partial charge in [0, 0.05) is 10.8 Å². The zero-order valence-corrected chi connectivity index (χ0v) is 11.7. The van der Waals surface area contributed by atoms with Gasteiger partial charge in [0.2, 0.25) is 0 Å². The SMILES string of the molecule is CN(C)CC(=O)O[C@@H]1C(C)(C)[C@@H]2CC[C@@]1(C)C2. The summed E-state index contributed by atoms with van der Waals surface area (Å²) in [4.78, 5) is 13.7.